The zero-order valence-corrected chi connectivity index (χ0v) is 32.6. The highest BCUT2D eigenvalue weighted by molar-refractivity contribution is 6.30. The first-order valence-electron chi connectivity index (χ1n) is 19.5. The number of piperazine rings is 1. The highest BCUT2D eigenvalue weighted by atomic mass is 35.5. The first kappa shape index (κ1) is 41.9. The van der Waals surface area contributed by atoms with Crippen molar-refractivity contribution in [2.75, 3.05) is 59.5 Å². The van der Waals surface area contributed by atoms with Crippen molar-refractivity contribution < 1.29 is 14.3 Å². The van der Waals surface area contributed by atoms with E-state index in [4.69, 9.17) is 16.3 Å². The van der Waals surface area contributed by atoms with Gasteiger partial charge in [-0.25, -0.2) is 0 Å². The van der Waals surface area contributed by atoms with Gasteiger partial charge in [0.25, 0.3) is 0 Å². The number of carbonyl (C=O) groups is 2. The Bertz CT molecular complexity index is 1240. The van der Waals surface area contributed by atoms with E-state index in [2.05, 4.69) is 46.5 Å². The summed E-state index contributed by atoms with van der Waals surface area (Å²) < 4.78 is 5.10. The summed E-state index contributed by atoms with van der Waals surface area (Å²) >= 11 is 6.10. The first-order valence-corrected chi connectivity index (χ1v) is 19.9. The number of nitrogens with zero attached hydrogens (tertiary/aromatic N) is 3. The van der Waals surface area contributed by atoms with E-state index in [-0.39, 0.29) is 17.9 Å². The summed E-state index contributed by atoms with van der Waals surface area (Å²) in [6.45, 7) is 18.2. The molecule has 2 aromatic carbocycles. The third-order valence-electron chi connectivity index (χ3n) is 10.2. The molecule has 3 unspecified atom stereocenters. The fourth-order valence-electron chi connectivity index (χ4n) is 7.28. The van der Waals surface area contributed by atoms with Crippen molar-refractivity contribution in [2.45, 2.75) is 111 Å². The van der Waals surface area contributed by atoms with Crippen molar-refractivity contribution in [3.8, 4) is 0 Å². The second-order valence-corrected chi connectivity index (χ2v) is 14.1. The van der Waals surface area contributed by atoms with Crippen LogP contribution in [-0.2, 0) is 33.7 Å². The topological polar surface area (TPSA) is 77.1 Å². The van der Waals surface area contributed by atoms with Gasteiger partial charge in [-0.1, -0.05) is 108 Å². The van der Waals surface area contributed by atoms with Crippen molar-refractivity contribution in [1.82, 2.24) is 25.3 Å². The Morgan fingerprint density at radius 3 is 2.10 bits per heavy atom. The number of likely N-dealkylation sites (N-methyl/N-ethyl adjacent to an activating group) is 1. The van der Waals surface area contributed by atoms with Crippen LogP contribution in [0, 0.1) is 5.92 Å². The number of fused-ring (bicyclic) bond motifs is 1. The number of morpholine rings is 1. The quantitative estimate of drug-likeness (QED) is 0.322. The van der Waals surface area contributed by atoms with Crippen LogP contribution in [0.2, 0.25) is 5.02 Å². The van der Waals surface area contributed by atoms with Crippen LogP contribution in [0.1, 0.15) is 89.8 Å². The van der Waals surface area contributed by atoms with Crippen molar-refractivity contribution in [1.29, 1.82) is 0 Å². The zero-order chi connectivity index (χ0) is 36.3. The normalized spacial score (nSPS) is 21.0. The monoisotopic (exact) mass is 711 g/mol. The molecule has 0 bridgehead atoms. The Labute approximate surface area is 308 Å². The van der Waals surface area contributed by atoms with E-state index >= 15 is 0 Å². The molecular weight excluding hydrogens is 646 g/mol. The Morgan fingerprint density at radius 2 is 1.50 bits per heavy atom. The smallest absolute Gasteiger partial charge is 0.245 e. The number of hydrogen-bond donors (Lipinski definition) is 2. The molecule has 280 valence electrons. The molecule has 1 aliphatic carbocycles. The van der Waals surface area contributed by atoms with Gasteiger partial charge in [-0.2, -0.15) is 0 Å². The number of nitrogens with one attached hydrogen (secondary N) is 2. The van der Waals surface area contributed by atoms with Crippen molar-refractivity contribution in [3.63, 3.8) is 0 Å². The number of halogens is 1. The number of amides is 2. The maximum absolute atomic E-state index is 13.8. The fraction of sp³-hybridized carbons (Fsp3) is 0.659. The lowest BCUT2D eigenvalue weighted by molar-refractivity contribution is -0.138. The van der Waals surface area contributed by atoms with Gasteiger partial charge in [-0.3, -0.25) is 14.5 Å². The molecule has 0 aromatic heterocycles. The maximum atomic E-state index is 13.8. The van der Waals surface area contributed by atoms with Crippen molar-refractivity contribution in [3.05, 3.63) is 70.2 Å². The minimum Gasteiger partial charge on any atom is -0.379 e. The van der Waals surface area contributed by atoms with Crippen LogP contribution in [0.5, 0.6) is 0 Å². The Morgan fingerprint density at radius 1 is 0.880 bits per heavy atom. The molecule has 2 amide bonds. The van der Waals surface area contributed by atoms with E-state index in [1.54, 1.807) is 0 Å². The predicted molar refractivity (Wildman–Crippen MR) is 208 cm³/mol. The van der Waals surface area contributed by atoms with Crippen LogP contribution >= 0.6 is 11.6 Å². The Hall–Kier alpha value is -2.49. The van der Waals surface area contributed by atoms with Gasteiger partial charge < -0.3 is 25.2 Å². The zero-order valence-electron chi connectivity index (χ0n) is 31.9. The molecule has 2 N–H and O–H groups in total. The van der Waals surface area contributed by atoms with Gasteiger partial charge in [-0.05, 0) is 61.6 Å². The number of carbonyl (C=O) groups excluding carboxylic acids is 2. The predicted octanol–water partition coefficient (Wildman–Crippen LogP) is 6.59. The summed E-state index contributed by atoms with van der Waals surface area (Å²) in [5.74, 6) is 0.749. The molecule has 9 heteroatoms. The van der Waals surface area contributed by atoms with Crippen LogP contribution in [0.25, 0.3) is 0 Å². The van der Waals surface area contributed by atoms with E-state index < -0.39 is 6.04 Å². The molecule has 0 spiro atoms. The summed E-state index contributed by atoms with van der Waals surface area (Å²) in [4.78, 5) is 34.0. The van der Waals surface area contributed by atoms with Crippen LogP contribution in [0.4, 0.5) is 0 Å². The Kier molecular flexibility index (Phi) is 19.4. The van der Waals surface area contributed by atoms with Crippen LogP contribution < -0.4 is 10.6 Å². The number of benzene rings is 2. The van der Waals surface area contributed by atoms with Gasteiger partial charge in [0.05, 0.1) is 19.3 Å². The van der Waals surface area contributed by atoms with Crippen molar-refractivity contribution in [2.24, 2.45) is 5.92 Å². The molecule has 3 fully saturated rings. The second-order valence-electron chi connectivity index (χ2n) is 13.7. The molecule has 3 atom stereocenters. The highest BCUT2D eigenvalue weighted by Gasteiger charge is 2.33. The summed E-state index contributed by atoms with van der Waals surface area (Å²) in [7, 11) is 2.11. The standard InChI is InChI=1S/C32H43ClN4O2.C5H11NO.2C2H6/c1-23(19-24-7-3-2-4-8-24)36-15-17-37(18-16-36)32(39)30(20-25-11-13-28(33)14-12-25)35-31(38)29-21-26-9-5-6-10-27(26)22-34-29;1-6-2-4-7-5-3-6;2*1-2/h5-6,9-14,23-24,29-30,34H,2-4,7-8,15-22H2,1H3,(H,35,38);2-5H2,1H3;2*1-2H3. The summed E-state index contributed by atoms with van der Waals surface area (Å²) in [6, 6.07) is 15.4. The van der Waals surface area contributed by atoms with Gasteiger partial charge in [0, 0.05) is 63.3 Å². The molecule has 1 saturated carbocycles. The number of ether oxygens (including phenoxy) is 1. The third kappa shape index (κ3) is 13.6. The fourth-order valence-corrected chi connectivity index (χ4v) is 7.41. The Balaban J connectivity index is 0.000000535. The van der Waals surface area contributed by atoms with Gasteiger partial charge in [0.1, 0.15) is 6.04 Å². The molecule has 0 radical (unpaired) electrons. The maximum Gasteiger partial charge on any atom is 0.245 e. The summed E-state index contributed by atoms with van der Waals surface area (Å²) in [6.07, 6.45) is 9.23. The largest absolute Gasteiger partial charge is 0.379 e. The molecule has 8 nitrogen and oxygen atoms in total. The average Bonchev–Trinajstić information content (AvgIpc) is 3.17. The summed E-state index contributed by atoms with van der Waals surface area (Å²) in [5.41, 5.74) is 3.40. The van der Waals surface area contributed by atoms with Crippen molar-refractivity contribution >= 4 is 23.4 Å². The molecule has 50 heavy (non-hydrogen) atoms. The SMILES string of the molecule is CC.CC.CC(CC1CCCCC1)N1CCN(C(=O)C(Cc2ccc(Cl)cc2)NC(=O)C2Cc3ccccc3CN2)CC1.CN1CCOCC1. The van der Waals surface area contributed by atoms with Crippen LogP contribution in [-0.4, -0.2) is 104 Å². The van der Waals surface area contributed by atoms with E-state index in [1.807, 2.05) is 69.0 Å². The van der Waals surface area contributed by atoms with Gasteiger partial charge in [-0.15, -0.1) is 0 Å². The second kappa shape index (κ2) is 23.1. The van der Waals surface area contributed by atoms with E-state index in [0.717, 1.165) is 50.9 Å². The van der Waals surface area contributed by atoms with E-state index in [9.17, 15) is 9.59 Å². The van der Waals surface area contributed by atoms with Crippen LogP contribution in [0.15, 0.2) is 48.5 Å². The molecule has 6 rings (SSSR count). The minimum absolute atomic E-state index is 0.00842. The minimum atomic E-state index is -0.608. The number of rotatable bonds is 8. The molecule has 2 aromatic rings. The van der Waals surface area contributed by atoms with Gasteiger partial charge >= 0.3 is 0 Å². The third-order valence-corrected chi connectivity index (χ3v) is 10.5. The first-order chi connectivity index (χ1) is 24.4. The lowest BCUT2D eigenvalue weighted by atomic mass is 9.85. The van der Waals surface area contributed by atoms with E-state index in [0.29, 0.717) is 43.5 Å². The lowest BCUT2D eigenvalue weighted by Gasteiger charge is -2.40. The lowest BCUT2D eigenvalue weighted by Crippen LogP contribution is -2.59. The molecule has 4 aliphatic rings. The average molecular weight is 712 g/mol. The van der Waals surface area contributed by atoms with Gasteiger partial charge in [0.2, 0.25) is 11.8 Å². The summed E-state index contributed by atoms with van der Waals surface area (Å²) in [5, 5.41) is 7.15. The highest BCUT2D eigenvalue weighted by Crippen LogP contribution is 2.29. The number of hydrogen-bond acceptors (Lipinski definition) is 6. The molecule has 2 saturated heterocycles. The molecular formula is C41H66ClN5O3. The molecule has 3 aliphatic heterocycles. The van der Waals surface area contributed by atoms with E-state index in [1.165, 1.54) is 49.7 Å². The molecule has 3 heterocycles. The van der Waals surface area contributed by atoms with Gasteiger partial charge in [0.15, 0.2) is 0 Å². The van der Waals surface area contributed by atoms with Crippen LogP contribution in [0.3, 0.4) is 0 Å².